The van der Waals surface area contributed by atoms with Crippen molar-refractivity contribution in [1.82, 2.24) is 4.76 Å². The van der Waals surface area contributed by atoms with Crippen LogP contribution in [0.25, 0.3) is 6.08 Å². The highest BCUT2D eigenvalue weighted by Crippen LogP contribution is 2.42. The molecule has 2 heterocycles. The summed E-state index contributed by atoms with van der Waals surface area (Å²) in [4.78, 5) is 6.10. The fourth-order valence-corrected chi connectivity index (χ4v) is 2.87. The third kappa shape index (κ3) is 1.99. The Labute approximate surface area is 132 Å². The molecule has 22 heavy (non-hydrogen) atoms. The molecular formula is C16H12ClN4O+. The van der Waals surface area contributed by atoms with E-state index in [4.69, 9.17) is 16.4 Å². The number of hydroxylamine groups is 1. The largest absolute Gasteiger partial charge is 0.315 e. The van der Waals surface area contributed by atoms with E-state index in [1.165, 1.54) is 0 Å². The minimum Gasteiger partial charge on any atom is -0.155 e. The van der Waals surface area contributed by atoms with E-state index in [0.717, 1.165) is 16.8 Å². The minimum absolute atomic E-state index is 0.250. The van der Waals surface area contributed by atoms with Gasteiger partial charge in [-0.05, 0) is 23.8 Å². The summed E-state index contributed by atoms with van der Waals surface area (Å²) in [6.45, 7) is 0.372. The average molecular weight is 312 g/mol. The van der Waals surface area contributed by atoms with Crippen molar-refractivity contribution >= 4 is 29.2 Å². The number of amidine groups is 1. The smallest absolute Gasteiger partial charge is 0.155 e. The van der Waals surface area contributed by atoms with E-state index >= 15 is 0 Å². The number of hydrogen-bond donors (Lipinski definition) is 0. The monoisotopic (exact) mass is 311 g/mol. The maximum absolute atomic E-state index is 6.39. The highest BCUT2D eigenvalue weighted by molar-refractivity contribution is 6.34. The molecule has 0 aromatic heterocycles. The zero-order valence-corrected chi connectivity index (χ0v) is 12.3. The standard InChI is InChI=1S/C16H12ClN4O/c17-14-8-4-7-13-9-10-15-18-19-20-21(15,16(13)14)22-11-12-5-2-1-3-6-12/h1-10H,11H2/q+1. The second-order valence-corrected chi connectivity index (χ2v) is 5.39. The van der Waals surface area contributed by atoms with Crippen LogP contribution in [0.3, 0.4) is 0 Å². The summed E-state index contributed by atoms with van der Waals surface area (Å²) >= 11 is 6.39. The van der Waals surface area contributed by atoms with Crippen molar-refractivity contribution in [3.05, 3.63) is 70.8 Å². The van der Waals surface area contributed by atoms with E-state index in [9.17, 15) is 0 Å². The van der Waals surface area contributed by atoms with E-state index < -0.39 is 0 Å². The zero-order valence-electron chi connectivity index (χ0n) is 11.6. The lowest BCUT2D eigenvalue weighted by molar-refractivity contribution is -0.103. The van der Waals surface area contributed by atoms with Crippen molar-refractivity contribution in [1.29, 1.82) is 0 Å². The van der Waals surface area contributed by atoms with Gasteiger partial charge in [-0.2, -0.15) is 4.84 Å². The van der Waals surface area contributed by atoms with Gasteiger partial charge in [0.25, 0.3) is 0 Å². The molecule has 5 nitrogen and oxygen atoms in total. The van der Waals surface area contributed by atoms with Crippen LogP contribution in [-0.4, -0.2) is 5.84 Å². The molecule has 2 aromatic rings. The van der Waals surface area contributed by atoms with Gasteiger partial charge in [0.2, 0.25) is 5.69 Å². The van der Waals surface area contributed by atoms with Crippen LogP contribution < -0.4 is 4.76 Å². The molecule has 0 saturated heterocycles. The van der Waals surface area contributed by atoms with E-state index in [1.807, 2.05) is 60.7 Å². The summed E-state index contributed by atoms with van der Waals surface area (Å²) in [5, 5.41) is 12.6. The number of benzene rings is 2. The summed E-state index contributed by atoms with van der Waals surface area (Å²) in [5.74, 6) is 0.594. The summed E-state index contributed by atoms with van der Waals surface area (Å²) in [7, 11) is 0. The maximum Gasteiger partial charge on any atom is 0.315 e. The second-order valence-electron chi connectivity index (χ2n) is 4.98. The highest BCUT2D eigenvalue weighted by Gasteiger charge is 2.49. The lowest BCUT2D eigenvalue weighted by Crippen LogP contribution is -2.48. The van der Waals surface area contributed by atoms with Crippen molar-refractivity contribution in [2.45, 2.75) is 6.61 Å². The van der Waals surface area contributed by atoms with E-state index in [1.54, 1.807) is 0 Å². The lowest BCUT2D eigenvalue weighted by Gasteiger charge is -2.27. The molecule has 108 valence electrons. The molecule has 0 radical (unpaired) electrons. The first kappa shape index (κ1) is 13.3. The molecule has 0 bridgehead atoms. The molecule has 6 heteroatoms. The van der Waals surface area contributed by atoms with Crippen LogP contribution in [0.15, 0.2) is 70.2 Å². The molecule has 0 fully saturated rings. The quantitative estimate of drug-likeness (QED) is 0.770. The van der Waals surface area contributed by atoms with Gasteiger partial charge in [0.15, 0.2) is 0 Å². The number of rotatable bonds is 3. The van der Waals surface area contributed by atoms with Gasteiger partial charge in [-0.1, -0.05) is 53.1 Å². The molecule has 0 aliphatic carbocycles. The second kappa shape index (κ2) is 5.14. The topological polar surface area (TPSA) is 46.3 Å². The van der Waals surface area contributed by atoms with E-state index in [0.29, 0.717) is 17.5 Å². The lowest BCUT2D eigenvalue weighted by atomic mass is 10.1. The number of quaternary nitrogens is 1. The molecule has 2 aromatic carbocycles. The van der Waals surface area contributed by atoms with Gasteiger partial charge in [0, 0.05) is 21.6 Å². The number of hydrogen-bond acceptors (Lipinski definition) is 4. The van der Waals surface area contributed by atoms with Crippen molar-refractivity contribution in [2.75, 3.05) is 0 Å². The van der Waals surface area contributed by atoms with Crippen LogP contribution >= 0.6 is 11.6 Å². The molecule has 1 unspecified atom stereocenters. The SMILES string of the molecule is Clc1cccc2c1[N+]1(OCc3ccccc3)N=NN=C1C=C2. The van der Waals surface area contributed by atoms with Gasteiger partial charge in [-0.25, -0.2) is 0 Å². The Bertz CT molecular complexity index is 816. The van der Waals surface area contributed by atoms with E-state index in [2.05, 4.69) is 15.5 Å². The summed E-state index contributed by atoms with van der Waals surface area (Å²) in [5.41, 5.74) is 2.72. The van der Waals surface area contributed by atoms with Crippen molar-refractivity contribution in [3.63, 3.8) is 0 Å². The number of fused-ring (bicyclic) bond motifs is 3. The number of halogens is 1. The number of para-hydroxylation sites is 1. The Morgan fingerprint density at radius 2 is 1.86 bits per heavy atom. The first-order valence-corrected chi connectivity index (χ1v) is 7.23. The summed E-state index contributed by atoms with van der Waals surface area (Å²) in [6, 6.07) is 15.6. The van der Waals surface area contributed by atoms with Gasteiger partial charge < -0.3 is 0 Å². The summed E-state index contributed by atoms with van der Waals surface area (Å²) < 4.78 is -0.250. The highest BCUT2D eigenvalue weighted by atomic mass is 35.5. The molecule has 2 aliphatic rings. The normalized spacial score (nSPS) is 21.4. The van der Waals surface area contributed by atoms with E-state index in [-0.39, 0.29) is 4.76 Å². The Morgan fingerprint density at radius 1 is 1.00 bits per heavy atom. The van der Waals surface area contributed by atoms with Gasteiger partial charge >= 0.3 is 5.84 Å². The number of nitrogens with zero attached hydrogens (tertiary/aromatic N) is 4. The van der Waals surface area contributed by atoms with Gasteiger partial charge in [0.05, 0.1) is 5.22 Å². The van der Waals surface area contributed by atoms with Crippen LogP contribution in [0.5, 0.6) is 0 Å². The molecule has 2 aliphatic heterocycles. The third-order valence-corrected chi connectivity index (χ3v) is 3.92. The Kier molecular flexibility index (Phi) is 3.11. The zero-order chi connectivity index (χ0) is 15.0. The van der Waals surface area contributed by atoms with Crippen molar-refractivity contribution in [2.24, 2.45) is 15.5 Å². The first-order valence-electron chi connectivity index (χ1n) is 6.85. The molecular weight excluding hydrogens is 300 g/mol. The van der Waals surface area contributed by atoms with Gasteiger partial charge in [-0.3, -0.25) is 0 Å². The van der Waals surface area contributed by atoms with Crippen molar-refractivity contribution < 1.29 is 4.84 Å². The van der Waals surface area contributed by atoms with Crippen molar-refractivity contribution in [3.8, 4) is 0 Å². The van der Waals surface area contributed by atoms with Crippen LogP contribution in [0, 0.1) is 0 Å². The fraction of sp³-hybridized carbons (Fsp3) is 0.0625. The Balaban J connectivity index is 1.77. The molecule has 0 amide bonds. The minimum atomic E-state index is -0.250. The predicted octanol–water partition coefficient (Wildman–Crippen LogP) is 4.50. The Morgan fingerprint density at radius 3 is 2.73 bits per heavy atom. The summed E-state index contributed by atoms with van der Waals surface area (Å²) in [6.07, 6.45) is 3.79. The third-order valence-electron chi connectivity index (χ3n) is 3.62. The average Bonchev–Trinajstić information content (AvgIpc) is 2.98. The van der Waals surface area contributed by atoms with Crippen LogP contribution in [0.4, 0.5) is 5.69 Å². The molecule has 0 N–H and O–H groups in total. The fourth-order valence-electron chi connectivity index (χ4n) is 2.57. The molecule has 0 spiro atoms. The van der Waals surface area contributed by atoms with Crippen LogP contribution in [-0.2, 0) is 11.4 Å². The predicted molar refractivity (Wildman–Crippen MR) is 85.8 cm³/mol. The Hall–Kier alpha value is -2.34. The first-order chi connectivity index (χ1) is 10.8. The maximum atomic E-state index is 6.39. The molecule has 0 saturated carbocycles. The molecule has 4 rings (SSSR count). The van der Waals surface area contributed by atoms with Gasteiger partial charge in [0.1, 0.15) is 11.6 Å². The molecule has 1 atom stereocenters. The van der Waals surface area contributed by atoms with Crippen LogP contribution in [0.2, 0.25) is 5.02 Å². The van der Waals surface area contributed by atoms with Gasteiger partial charge in [-0.15, -0.1) is 0 Å². The van der Waals surface area contributed by atoms with Crippen LogP contribution in [0.1, 0.15) is 11.1 Å².